The van der Waals surface area contributed by atoms with Crippen LogP contribution in [0.5, 0.6) is 5.75 Å². The Bertz CT molecular complexity index is 1030. The summed E-state index contributed by atoms with van der Waals surface area (Å²) < 4.78 is 44.7. The second kappa shape index (κ2) is 7.47. The van der Waals surface area contributed by atoms with Crippen molar-refractivity contribution in [3.8, 4) is 11.8 Å². The maximum absolute atomic E-state index is 12.5. The van der Waals surface area contributed by atoms with E-state index in [1.807, 2.05) is 6.08 Å². The highest BCUT2D eigenvalue weighted by atomic mass is 19.4. The van der Waals surface area contributed by atoms with E-state index in [2.05, 4.69) is 15.6 Å². The number of nitriles is 1. The number of halogens is 3. The highest BCUT2D eigenvalue weighted by Crippen LogP contribution is 2.39. The van der Waals surface area contributed by atoms with Crippen molar-refractivity contribution < 1.29 is 17.9 Å². The van der Waals surface area contributed by atoms with Gasteiger partial charge in [0.05, 0.1) is 11.1 Å². The summed E-state index contributed by atoms with van der Waals surface area (Å²) in [5, 5.41) is 10.6. The van der Waals surface area contributed by atoms with Gasteiger partial charge in [0.1, 0.15) is 17.7 Å². The van der Waals surface area contributed by atoms with Crippen molar-refractivity contribution in [2.45, 2.75) is 37.9 Å². The topological polar surface area (TPSA) is 76.3 Å². The molecule has 2 N–H and O–H groups in total. The third-order valence-corrected chi connectivity index (χ3v) is 5.31. The van der Waals surface area contributed by atoms with Crippen molar-refractivity contribution in [2.24, 2.45) is 16.6 Å². The molecule has 0 radical (unpaired) electrons. The van der Waals surface area contributed by atoms with Crippen LogP contribution in [-0.2, 0) is 6.54 Å². The molecule has 1 unspecified atom stereocenters. The minimum absolute atomic E-state index is 0.0415. The Labute approximate surface area is 166 Å². The Balaban J connectivity index is 1.80. The Kier molecular flexibility index (Phi) is 4.99. The van der Waals surface area contributed by atoms with Crippen LogP contribution in [-0.4, -0.2) is 29.7 Å². The van der Waals surface area contributed by atoms with Crippen LogP contribution in [0.3, 0.4) is 0 Å². The highest BCUT2D eigenvalue weighted by molar-refractivity contribution is 5.92. The molecule has 1 fully saturated rings. The van der Waals surface area contributed by atoms with Crippen molar-refractivity contribution in [1.82, 2.24) is 4.57 Å². The molecule has 29 heavy (non-hydrogen) atoms. The van der Waals surface area contributed by atoms with Gasteiger partial charge in [-0.25, -0.2) is 0 Å². The van der Waals surface area contributed by atoms with E-state index in [9.17, 15) is 18.4 Å². The molecule has 1 aliphatic carbocycles. The minimum atomic E-state index is -4.40. The van der Waals surface area contributed by atoms with Gasteiger partial charge in [-0.3, -0.25) is 4.99 Å². The SMILES string of the molecule is N#Cc1c(C2C=CC(N)=NCC2)n(CC2CC2)c2cc(OCC(F)(F)F)ccc12. The maximum atomic E-state index is 12.5. The number of ether oxygens (including phenoxy) is 1. The quantitative estimate of drug-likeness (QED) is 0.812. The lowest BCUT2D eigenvalue weighted by Crippen LogP contribution is -2.19. The minimum Gasteiger partial charge on any atom is -0.484 e. The Morgan fingerprint density at radius 1 is 1.28 bits per heavy atom. The number of aliphatic imine (C=N–C) groups is 1. The Hall–Kier alpha value is -2.95. The second-order valence-corrected chi connectivity index (χ2v) is 7.57. The molecule has 1 atom stereocenters. The van der Waals surface area contributed by atoms with Gasteiger partial charge in [-0.05, 0) is 43.4 Å². The van der Waals surface area contributed by atoms with E-state index in [1.54, 1.807) is 18.2 Å². The van der Waals surface area contributed by atoms with Crippen molar-refractivity contribution in [2.75, 3.05) is 13.2 Å². The third-order valence-electron chi connectivity index (χ3n) is 5.31. The van der Waals surface area contributed by atoms with Crippen LogP contribution in [0.25, 0.3) is 10.9 Å². The van der Waals surface area contributed by atoms with E-state index in [0.29, 0.717) is 30.3 Å². The highest BCUT2D eigenvalue weighted by Gasteiger charge is 2.30. The molecule has 4 rings (SSSR count). The van der Waals surface area contributed by atoms with Gasteiger partial charge in [-0.15, -0.1) is 0 Å². The molecule has 1 saturated carbocycles. The smallest absolute Gasteiger partial charge is 0.422 e. The molecule has 0 spiro atoms. The number of alkyl halides is 3. The largest absolute Gasteiger partial charge is 0.484 e. The molecule has 2 aromatic rings. The third kappa shape index (κ3) is 4.24. The summed E-state index contributed by atoms with van der Waals surface area (Å²) in [7, 11) is 0. The van der Waals surface area contributed by atoms with Crippen LogP contribution < -0.4 is 10.5 Å². The number of aromatic nitrogens is 1. The molecule has 1 aromatic heterocycles. The summed E-state index contributed by atoms with van der Waals surface area (Å²) >= 11 is 0. The predicted octanol–water partition coefficient (Wildman–Crippen LogP) is 4.26. The molecule has 2 heterocycles. The Morgan fingerprint density at radius 3 is 2.76 bits per heavy atom. The van der Waals surface area contributed by atoms with Crippen LogP contribution in [0.2, 0.25) is 0 Å². The van der Waals surface area contributed by atoms with Gasteiger partial charge >= 0.3 is 6.18 Å². The van der Waals surface area contributed by atoms with Crippen molar-refractivity contribution in [3.05, 3.63) is 41.6 Å². The van der Waals surface area contributed by atoms with Gasteiger partial charge in [0.25, 0.3) is 0 Å². The average Bonchev–Trinajstić information content (AvgIpc) is 3.47. The van der Waals surface area contributed by atoms with Crippen LogP contribution in [0.4, 0.5) is 13.2 Å². The summed E-state index contributed by atoms with van der Waals surface area (Å²) in [5.74, 6) is 1.08. The fraction of sp³-hybridized carbons (Fsp3) is 0.429. The van der Waals surface area contributed by atoms with E-state index in [4.69, 9.17) is 10.5 Å². The number of fused-ring (bicyclic) bond motifs is 1. The molecule has 0 bridgehead atoms. The maximum Gasteiger partial charge on any atom is 0.422 e. The molecule has 2 aliphatic rings. The number of amidine groups is 1. The number of hydrogen-bond donors (Lipinski definition) is 1. The van der Waals surface area contributed by atoms with Crippen molar-refractivity contribution in [1.29, 1.82) is 5.26 Å². The van der Waals surface area contributed by atoms with Gasteiger partial charge in [-0.2, -0.15) is 18.4 Å². The molecule has 1 aromatic carbocycles. The first-order valence-electron chi connectivity index (χ1n) is 9.59. The second-order valence-electron chi connectivity index (χ2n) is 7.57. The van der Waals surface area contributed by atoms with Gasteiger partial charge in [0.2, 0.25) is 0 Å². The molecule has 1 aliphatic heterocycles. The van der Waals surface area contributed by atoms with Crippen LogP contribution >= 0.6 is 0 Å². The first-order chi connectivity index (χ1) is 13.9. The van der Waals surface area contributed by atoms with Gasteiger partial charge in [0.15, 0.2) is 6.61 Å². The number of hydrogen-bond acceptors (Lipinski definition) is 4. The number of nitrogens with two attached hydrogens (primary N) is 1. The average molecular weight is 402 g/mol. The Morgan fingerprint density at radius 2 is 2.07 bits per heavy atom. The summed E-state index contributed by atoms with van der Waals surface area (Å²) in [4.78, 5) is 4.26. The lowest BCUT2D eigenvalue weighted by atomic mass is 9.97. The first-order valence-corrected chi connectivity index (χ1v) is 9.59. The van der Waals surface area contributed by atoms with Gasteiger partial charge < -0.3 is 15.0 Å². The first kappa shape index (κ1) is 19.4. The fourth-order valence-corrected chi connectivity index (χ4v) is 3.79. The molecule has 0 amide bonds. The van der Waals surface area contributed by atoms with E-state index in [1.165, 1.54) is 6.07 Å². The predicted molar refractivity (Wildman–Crippen MR) is 104 cm³/mol. The van der Waals surface area contributed by atoms with Crippen LogP contribution in [0, 0.1) is 17.2 Å². The van der Waals surface area contributed by atoms with Crippen LogP contribution in [0.15, 0.2) is 35.3 Å². The summed E-state index contributed by atoms with van der Waals surface area (Å²) in [6.07, 6.45) is 2.26. The standard InChI is InChI=1S/C21H21F3N4O/c22-21(23,24)12-29-15-4-5-16-17(10-25)20(14-3-6-19(26)27-8-7-14)28(18(16)9-15)11-13-1-2-13/h3-6,9,13-14H,1-2,7-8,11-12H2,(H2,26,27). The monoisotopic (exact) mass is 402 g/mol. The molecule has 5 nitrogen and oxygen atoms in total. The zero-order valence-corrected chi connectivity index (χ0v) is 15.7. The number of nitrogens with zero attached hydrogens (tertiary/aromatic N) is 3. The van der Waals surface area contributed by atoms with E-state index >= 15 is 0 Å². The number of benzene rings is 1. The molecule has 152 valence electrons. The molecular formula is C21H21F3N4O. The molecule has 0 saturated heterocycles. The summed E-state index contributed by atoms with van der Waals surface area (Å²) in [6, 6.07) is 7.09. The van der Waals surface area contributed by atoms with E-state index < -0.39 is 12.8 Å². The van der Waals surface area contributed by atoms with E-state index in [0.717, 1.165) is 36.0 Å². The lowest BCUT2D eigenvalue weighted by molar-refractivity contribution is -0.153. The molecular weight excluding hydrogens is 381 g/mol. The normalized spacial score (nSPS) is 19.7. The fourth-order valence-electron chi connectivity index (χ4n) is 3.79. The zero-order valence-electron chi connectivity index (χ0n) is 15.7. The van der Waals surface area contributed by atoms with Gasteiger partial charge in [0, 0.05) is 36.2 Å². The summed E-state index contributed by atoms with van der Waals surface area (Å²) in [6.45, 7) is -0.0576. The van der Waals surface area contributed by atoms with Gasteiger partial charge in [-0.1, -0.05) is 6.08 Å². The lowest BCUT2D eigenvalue weighted by Gasteiger charge is -2.17. The van der Waals surface area contributed by atoms with Crippen molar-refractivity contribution >= 4 is 16.7 Å². The number of rotatable bonds is 5. The molecule has 8 heteroatoms. The zero-order chi connectivity index (χ0) is 20.6. The number of allylic oxidation sites excluding steroid dienone is 1. The van der Waals surface area contributed by atoms with Crippen molar-refractivity contribution in [3.63, 3.8) is 0 Å². The van der Waals surface area contributed by atoms with E-state index in [-0.39, 0.29) is 11.7 Å². The summed E-state index contributed by atoms with van der Waals surface area (Å²) in [5.41, 5.74) is 7.98. The van der Waals surface area contributed by atoms with Crippen LogP contribution in [0.1, 0.15) is 36.4 Å².